The zero-order valence-electron chi connectivity index (χ0n) is 12.6. The summed E-state index contributed by atoms with van der Waals surface area (Å²) in [5.41, 5.74) is -0.884. The molecule has 1 aromatic heterocycles. The van der Waals surface area contributed by atoms with Crippen molar-refractivity contribution in [2.24, 2.45) is 9.98 Å². The predicted octanol–water partition coefficient (Wildman–Crippen LogP) is 5.34. The highest BCUT2D eigenvalue weighted by molar-refractivity contribution is 5.83. The summed E-state index contributed by atoms with van der Waals surface area (Å²) in [6.07, 6.45) is 2.25. The quantitative estimate of drug-likeness (QED) is 0.464. The Kier molecular flexibility index (Phi) is 4.74. The van der Waals surface area contributed by atoms with Gasteiger partial charge in [-0.15, -0.1) is 0 Å². The Balaban J connectivity index is 1.79. The van der Waals surface area contributed by atoms with Crippen LogP contribution in [0.25, 0.3) is 0 Å². The Hall–Kier alpha value is -3.22. The van der Waals surface area contributed by atoms with E-state index in [1.54, 1.807) is 0 Å². The molecule has 0 N–H and O–H groups in total. The van der Waals surface area contributed by atoms with Gasteiger partial charge in [0.2, 0.25) is 0 Å². The molecule has 3 rings (SSSR count). The van der Waals surface area contributed by atoms with Gasteiger partial charge in [-0.05, 0) is 36.4 Å². The van der Waals surface area contributed by atoms with Crippen molar-refractivity contribution in [3.63, 3.8) is 0 Å². The first-order valence-electron chi connectivity index (χ1n) is 7.10. The van der Waals surface area contributed by atoms with E-state index in [1.807, 2.05) is 0 Å². The van der Waals surface area contributed by atoms with Crippen LogP contribution < -0.4 is 0 Å². The van der Waals surface area contributed by atoms with Crippen molar-refractivity contribution in [1.29, 1.82) is 0 Å². The lowest BCUT2D eigenvalue weighted by molar-refractivity contribution is 0.552. The molecule has 2 aromatic carbocycles. The number of aliphatic imine (C=N–C) groups is 2. The molecule has 0 saturated heterocycles. The second-order valence-corrected chi connectivity index (χ2v) is 4.90. The van der Waals surface area contributed by atoms with Crippen LogP contribution in [0.15, 0.2) is 62.9 Å². The highest BCUT2D eigenvalue weighted by Crippen LogP contribution is 2.22. The maximum Gasteiger partial charge on any atom is 0.151 e. The van der Waals surface area contributed by atoms with Gasteiger partial charge >= 0.3 is 0 Å². The number of benzene rings is 2. The van der Waals surface area contributed by atoms with Gasteiger partial charge in [0.15, 0.2) is 23.3 Å². The number of halogens is 4. The maximum absolute atomic E-state index is 13.5. The van der Waals surface area contributed by atoms with Crippen molar-refractivity contribution >= 4 is 23.8 Å². The lowest BCUT2D eigenvalue weighted by Crippen LogP contribution is -1.84. The van der Waals surface area contributed by atoms with E-state index < -0.39 is 34.6 Å². The average Bonchev–Trinajstić information content (AvgIpc) is 3.02. The topological polar surface area (TPSA) is 37.9 Å². The normalized spacial score (nSPS) is 11.7. The molecule has 0 bridgehead atoms. The van der Waals surface area contributed by atoms with Crippen molar-refractivity contribution in [1.82, 2.24) is 0 Å². The number of nitrogens with zero attached hydrogens (tertiary/aromatic N) is 2. The molecule has 126 valence electrons. The minimum absolute atomic E-state index is 0.193. The minimum Gasteiger partial charge on any atom is -0.454 e. The van der Waals surface area contributed by atoms with Crippen molar-refractivity contribution < 1.29 is 22.0 Å². The van der Waals surface area contributed by atoms with Gasteiger partial charge in [-0.25, -0.2) is 27.5 Å². The first-order chi connectivity index (χ1) is 12.0. The average molecular weight is 346 g/mol. The smallest absolute Gasteiger partial charge is 0.151 e. The number of rotatable bonds is 4. The lowest BCUT2D eigenvalue weighted by Gasteiger charge is -1.97. The van der Waals surface area contributed by atoms with E-state index in [-0.39, 0.29) is 11.5 Å². The third kappa shape index (κ3) is 3.82. The van der Waals surface area contributed by atoms with E-state index in [2.05, 4.69) is 9.98 Å². The Labute approximate surface area is 140 Å². The van der Waals surface area contributed by atoms with Gasteiger partial charge in [0.05, 0.1) is 12.4 Å². The van der Waals surface area contributed by atoms with E-state index in [0.717, 1.165) is 36.7 Å². The van der Waals surface area contributed by atoms with Crippen LogP contribution in [-0.4, -0.2) is 12.4 Å². The fraction of sp³-hybridized carbons (Fsp3) is 0. The largest absolute Gasteiger partial charge is 0.454 e. The van der Waals surface area contributed by atoms with Gasteiger partial charge < -0.3 is 4.42 Å². The van der Waals surface area contributed by atoms with Gasteiger partial charge in [0.25, 0.3) is 0 Å². The van der Waals surface area contributed by atoms with Gasteiger partial charge in [-0.2, -0.15) is 0 Å². The summed E-state index contributed by atoms with van der Waals surface area (Å²) in [6, 6.07) is 9.73. The van der Waals surface area contributed by atoms with E-state index in [1.165, 1.54) is 24.3 Å². The Morgan fingerprint density at radius 1 is 0.600 bits per heavy atom. The van der Waals surface area contributed by atoms with Crippen LogP contribution in [0.3, 0.4) is 0 Å². The van der Waals surface area contributed by atoms with E-state index in [9.17, 15) is 17.6 Å². The Morgan fingerprint density at radius 2 is 0.960 bits per heavy atom. The lowest BCUT2D eigenvalue weighted by atomic mass is 10.3. The Morgan fingerprint density at radius 3 is 1.32 bits per heavy atom. The molecule has 0 radical (unpaired) electrons. The molecule has 3 nitrogen and oxygen atoms in total. The molecule has 3 aromatic rings. The standard InChI is InChI=1S/C18H10F4N2O/c19-13-3-1-4-14(20)17(13)23-9-11-7-8-12(25-11)10-24-18-15(21)5-2-6-16(18)22/h1-10H. The molecule has 0 unspecified atom stereocenters. The number of para-hydroxylation sites is 2. The fourth-order valence-corrected chi connectivity index (χ4v) is 1.99. The van der Waals surface area contributed by atoms with Crippen molar-refractivity contribution in [2.45, 2.75) is 0 Å². The van der Waals surface area contributed by atoms with Crippen LogP contribution in [0.5, 0.6) is 0 Å². The first-order valence-corrected chi connectivity index (χ1v) is 7.10. The molecule has 0 aliphatic rings. The fourth-order valence-electron chi connectivity index (χ4n) is 1.99. The molecule has 0 aliphatic carbocycles. The molecule has 25 heavy (non-hydrogen) atoms. The summed E-state index contributed by atoms with van der Waals surface area (Å²) in [5.74, 6) is -2.84. The minimum atomic E-state index is -0.806. The summed E-state index contributed by atoms with van der Waals surface area (Å²) in [4.78, 5) is 7.40. The molecular weight excluding hydrogens is 336 g/mol. The van der Waals surface area contributed by atoms with Gasteiger partial charge in [-0.3, -0.25) is 0 Å². The third-order valence-corrected chi connectivity index (χ3v) is 3.16. The van der Waals surface area contributed by atoms with Crippen LogP contribution in [-0.2, 0) is 0 Å². The summed E-state index contributed by atoms with van der Waals surface area (Å²) in [6.45, 7) is 0. The SMILES string of the molecule is Fc1cccc(F)c1N=Cc1ccc(C=Nc2c(F)cccc2F)o1. The number of hydrogen-bond donors (Lipinski definition) is 0. The van der Waals surface area contributed by atoms with Gasteiger partial charge in [-0.1, -0.05) is 12.1 Å². The van der Waals surface area contributed by atoms with Crippen LogP contribution in [0.4, 0.5) is 28.9 Å². The van der Waals surface area contributed by atoms with Gasteiger partial charge in [0, 0.05) is 0 Å². The highest BCUT2D eigenvalue weighted by atomic mass is 19.1. The number of furan rings is 1. The van der Waals surface area contributed by atoms with Crippen LogP contribution in [0.2, 0.25) is 0 Å². The zero-order valence-corrected chi connectivity index (χ0v) is 12.6. The predicted molar refractivity (Wildman–Crippen MR) is 85.9 cm³/mol. The maximum atomic E-state index is 13.5. The molecule has 0 saturated carbocycles. The van der Waals surface area contributed by atoms with E-state index in [0.29, 0.717) is 0 Å². The summed E-state index contributed by atoms with van der Waals surface area (Å²) < 4.78 is 59.2. The molecule has 7 heteroatoms. The van der Waals surface area contributed by atoms with E-state index in [4.69, 9.17) is 4.42 Å². The first kappa shape index (κ1) is 16.6. The Bertz CT molecular complexity index is 847. The van der Waals surface area contributed by atoms with Crippen LogP contribution >= 0.6 is 0 Å². The molecule has 0 spiro atoms. The van der Waals surface area contributed by atoms with Crippen molar-refractivity contribution in [3.8, 4) is 0 Å². The number of hydrogen-bond acceptors (Lipinski definition) is 3. The second-order valence-electron chi connectivity index (χ2n) is 4.90. The van der Waals surface area contributed by atoms with E-state index >= 15 is 0 Å². The van der Waals surface area contributed by atoms with Crippen molar-refractivity contribution in [3.05, 3.63) is 83.3 Å². The van der Waals surface area contributed by atoms with Crippen LogP contribution in [0, 0.1) is 23.3 Å². The third-order valence-electron chi connectivity index (χ3n) is 3.16. The molecule has 0 fully saturated rings. The summed E-state index contributed by atoms with van der Waals surface area (Å²) in [7, 11) is 0. The van der Waals surface area contributed by atoms with Crippen LogP contribution in [0.1, 0.15) is 11.5 Å². The highest BCUT2D eigenvalue weighted by Gasteiger charge is 2.08. The summed E-state index contributed by atoms with van der Waals surface area (Å²) in [5, 5.41) is 0. The van der Waals surface area contributed by atoms with Crippen molar-refractivity contribution in [2.75, 3.05) is 0 Å². The van der Waals surface area contributed by atoms with Gasteiger partial charge in [0.1, 0.15) is 22.9 Å². The second kappa shape index (κ2) is 7.12. The molecule has 1 heterocycles. The zero-order chi connectivity index (χ0) is 17.8. The monoisotopic (exact) mass is 346 g/mol. The molecule has 0 atom stereocenters. The molecule has 0 amide bonds. The molecular formula is C18H10F4N2O. The molecule has 0 aliphatic heterocycles. The summed E-state index contributed by atoms with van der Waals surface area (Å²) >= 11 is 0.